The van der Waals surface area contributed by atoms with Crippen molar-refractivity contribution in [3.63, 3.8) is 0 Å². The highest BCUT2D eigenvalue weighted by atomic mass is 33.1. The molecule has 2 aromatic rings. The summed E-state index contributed by atoms with van der Waals surface area (Å²) in [5, 5.41) is 7.10. The number of benzene rings is 2. The first kappa shape index (κ1) is 30.9. The summed E-state index contributed by atoms with van der Waals surface area (Å²) < 4.78 is 12.0. The van der Waals surface area contributed by atoms with Crippen LogP contribution in [0.1, 0.15) is 76.3 Å². The van der Waals surface area contributed by atoms with Crippen LogP contribution in [0.15, 0.2) is 48.5 Å². The Morgan fingerprint density at radius 1 is 0.583 bits per heavy atom. The van der Waals surface area contributed by atoms with Crippen LogP contribution < -0.4 is 20.1 Å². The van der Waals surface area contributed by atoms with Gasteiger partial charge in [0.15, 0.2) is 0 Å². The maximum Gasteiger partial charge on any atom is 0.122 e. The molecule has 0 bridgehead atoms. The fourth-order valence-electron chi connectivity index (χ4n) is 3.84. The van der Waals surface area contributed by atoms with Crippen molar-refractivity contribution >= 4 is 21.6 Å². The van der Waals surface area contributed by atoms with E-state index in [9.17, 15) is 0 Å². The molecule has 2 N–H and O–H groups in total. The van der Waals surface area contributed by atoms with E-state index in [1.165, 1.54) is 11.1 Å². The number of unbranched alkanes of at least 4 members (excludes halogenated alkanes) is 2. The molecule has 0 saturated heterocycles. The highest BCUT2D eigenvalue weighted by Gasteiger charge is 2.07. The molecule has 2 aromatic carbocycles. The van der Waals surface area contributed by atoms with Gasteiger partial charge in [0.2, 0.25) is 0 Å². The number of rotatable bonds is 21. The summed E-state index contributed by atoms with van der Waals surface area (Å²) >= 11 is 0. The molecule has 0 unspecified atom stereocenters. The van der Waals surface area contributed by atoms with Crippen LogP contribution in [-0.4, -0.2) is 50.9 Å². The smallest absolute Gasteiger partial charge is 0.122 e. The van der Waals surface area contributed by atoms with Gasteiger partial charge in [-0.05, 0) is 73.9 Å². The molecule has 0 atom stereocenters. The molecule has 4 nitrogen and oxygen atoms in total. The summed E-state index contributed by atoms with van der Waals surface area (Å²) in [5.74, 6) is 5.38. The van der Waals surface area contributed by atoms with Gasteiger partial charge in [0, 0.05) is 24.6 Å². The second kappa shape index (κ2) is 19.7. The highest BCUT2D eigenvalue weighted by Crippen LogP contribution is 2.27. The van der Waals surface area contributed by atoms with Gasteiger partial charge in [-0.3, -0.25) is 0 Å². The quantitative estimate of drug-likeness (QED) is 0.128. The van der Waals surface area contributed by atoms with Crippen LogP contribution in [0.3, 0.4) is 0 Å². The van der Waals surface area contributed by atoms with Crippen molar-refractivity contribution in [1.29, 1.82) is 0 Å². The van der Waals surface area contributed by atoms with Crippen molar-refractivity contribution < 1.29 is 9.47 Å². The molecular formula is C30H48N2O2S2. The minimum atomic E-state index is 0.498. The van der Waals surface area contributed by atoms with Crippen LogP contribution in [-0.2, 0) is 0 Å². The molecule has 36 heavy (non-hydrogen) atoms. The normalized spacial score (nSPS) is 11.4. The zero-order chi connectivity index (χ0) is 25.8. The van der Waals surface area contributed by atoms with Crippen molar-refractivity contribution in [3.05, 3.63) is 59.7 Å². The molecule has 2 rings (SSSR count). The van der Waals surface area contributed by atoms with Gasteiger partial charge in [-0.25, -0.2) is 0 Å². The fraction of sp³-hybridized carbons (Fsp3) is 0.600. The van der Waals surface area contributed by atoms with E-state index in [0.29, 0.717) is 11.8 Å². The molecule has 0 aliphatic carbocycles. The lowest BCUT2D eigenvalue weighted by molar-refractivity contribution is 0.302. The summed E-state index contributed by atoms with van der Waals surface area (Å²) in [6.07, 6.45) is 4.48. The zero-order valence-electron chi connectivity index (χ0n) is 22.9. The zero-order valence-corrected chi connectivity index (χ0v) is 24.5. The van der Waals surface area contributed by atoms with E-state index in [1.807, 2.05) is 21.6 Å². The van der Waals surface area contributed by atoms with Crippen LogP contribution >= 0.6 is 21.6 Å². The average molecular weight is 533 g/mol. The van der Waals surface area contributed by atoms with E-state index >= 15 is 0 Å². The first-order chi connectivity index (χ1) is 17.6. The lowest BCUT2D eigenvalue weighted by Crippen LogP contribution is -2.19. The molecule has 0 aliphatic heterocycles. The van der Waals surface area contributed by atoms with Crippen molar-refractivity contribution in [2.24, 2.45) is 0 Å². The first-order valence-corrected chi connectivity index (χ1v) is 16.2. The number of hydrogen-bond donors (Lipinski definition) is 2. The van der Waals surface area contributed by atoms with Crippen molar-refractivity contribution in [1.82, 2.24) is 10.6 Å². The Kier molecular flexibility index (Phi) is 16.9. The summed E-state index contributed by atoms with van der Waals surface area (Å²) in [6.45, 7) is 14.7. The van der Waals surface area contributed by atoms with Gasteiger partial charge >= 0.3 is 0 Å². The van der Waals surface area contributed by atoms with Gasteiger partial charge < -0.3 is 20.1 Å². The third-order valence-corrected chi connectivity index (χ3v) is 8.31. The maximum absolute atomic E-state index is 6.00. The van der Waals surface area contributed by atoms with Crippen molar-refractivity contribution in [2.45, 2.75) is 65.2 Å². The molecule has 0 heterocycles. The Hall–Kier alpha value is -1.34. The predicted octanol–water partition coefficient (Wildman–Crippen LogP) is 7.51. The predicted molar refractivity (Wildman–Crippen MR) is 161 cm³/mol. The molecule has 0 aromatic heterocycles. The van der Waals surface area contributed by atoms with Crippen molar-refractivity contribution in [2.75, 3.05) is 50.9 Å². The molecule has 202 valence electrons. The summed E-state index contributed by atoms with van der Waals surface area (Å²) in [7, 11) is 3.93. The largest absolute Gasteiger partial charge is 0.493 e. The number of nitrogens with one attached hydrogen (secondary N) is 2. The van der Waals surface area contributed by atoms with E-state index in [0.717, 1.165) is 88.1 Å². The molecule has 0 spiro atoms. The van der Waals surface area contributed by atoms with Gasteiger partial charge in [-0.15, -0.1) is 0 Å². The Morgan fingerprint density at radius 2 is 1.00 bits per heavy atom. The van der Waals surface area contributed by atoms with Gasteiger partial charge in [0.05, 0.1) is 13.2 Å². The van der Waals surface area contributed by atoms with E-state index in [4.69, 9.17) is 9.47 Å². The Bertz CT molecular complexity index is 750. The Labute approximate surface area is 228 Å². The third-order valence-electron chi connectivity index (χ3n) is 5.90. The maximum atomic E-state index is 6.00. The van der Waals surface area contributed by atoms with Gasteiger partial charge in [-0.2, -0.15) is 0 Å². The molecule has 6 heteroatoms. The van der Waals surface area contributed by atoms with Crippen LogP contribution in [0.2, 0.25) is 0 Å². The summed E-state index contributed by atoms with van der Waals surface area (Å²) in [5.41, 5.74) is 2.60. The summed E-state index contributed by atoms with van der Waals surface area (Å²) in [4.78, 5) is 0. The highest BCUT2D eigenvalue weighted by molar-refractivity contribution is 8.76. The number of ether oxygens (including phenoxy) is 2. The SMILES string of the molecule is CC(C)c1ccccc1OCCCCNCCSSCCNCCCCOc1ccccc1C(C)C. The number of para-hydroxylation sites is 2. The topological polar surface area (TPSA) is 42.5 Å². The average Bonchev–Trinajstić information content (AvgIpc) is 2.88. The standard InChI is InChI=1S/C30H48N2O2S2/c1-25(2)27-13-5-7-15-29(27)33-21-11-9-17-31-19-23-35-36-24-20-32-18-10-12-22-34-30-16-8-6-14-28(30)26(3)4/h5-8,13-16,25-26,31-32H,9-12,17-24H2,1-4H3. The minimum absolute atomic E-state index is 0.498. The van der Waals surface area contributed by atoms with E-state index in [1.54, 1.807) is 0 Å². The fourth-order valence-corrected chi connectivity index (χ4v) is 5.74. The molecule has 0 radical (unpaired) electrons. The molecule has 0 aliphatic rings. The number of hydrogen-bond acceptors (Lipinski definition) is 6. The first-order valence-electron chi connectivity index (χ1n) is 13.7. The van der Waals surface area contributed by atoms with Gasteiger partial charge in [-0.1, -0.05) is 85.7 Å². The van der Waals surface area contributed by atoms with Gasteiger partial charge in [0.1, 0.15) is 11.5 Å². The molecule has 0 fully saturated rings. The second-order valence-corrected chi connectivity index (χ2v) is 12.3. The Morgan fingerprint density at radius 3 is 1.42 bits per heavy atom. The molecule has 0 saturated carbocycles. The second-order valence-electron chi connectivity index (χ2n) is 9.64. The van der Waals surface area contributed by atoms with Gasteiger partial charge in [0.25, 0.3) is 0 Å². The molecular weight excluding hydrogens is 484 g/mol. The van der Waals surface area contributed by atoms with E-state index in [-0.39, 0.29) is 0 Å². The van der Waals surface area contributed by atoms with Crippen LogP contribution in [0.4, 0.5) is 0 Å². The molecule has 0 amide bonds. The van der Waals surface area contributed by atoms with E-state index in [2.05, 4.69) is 86.9 Å². The monoisotopic (exact) mass is 532 g/mol. The Balaban J connectivity index is 1.32. The van der Waals surface area contributed by atoms with Crippen LogP contribution in [0.25, 0.3) is 0 Å². The summed E-state index contributed by atoms with van der Waals surface area (Å²) in [6, 6.07) is 16.8. The van der Waals surface area contributed by atoms with Crippen LogP contribution in [0.5, 0.6) is 11.5 Å². The third kappa shape index (κ3) is 13.3. The van der Waals surface area contributed by atoms with Crippen LogP contribution in [0, 0.1) is 0 Å². The minimum Gasteiger partial charge on any atom is -0.493 e. The lowest BCUT2D eigenvalue weighted by atomic mass is 10.0. The van der Waals surface area contributed by atoms with Crippen molar-refractivity contribution in [3.8, 4) is 11.5 Å². The van der Waals surface area contributed by atoms with E-state index < -0.39 is 0 Å². The lowest BCUT2D eigenvalue weighted by Gasteiger charge is -2.13.